The summed E-state index contributed by atoms with van der Waals surface area (Å²) >= 11 is 0. The predicted octanol–water partition coefficient (Wildman–Crippen LogP) is 3.90. The van der Waals surface area contributed by atoms with E-state index in [9.17, 15) is 0 Å². The minimum absolute atomic E-state index is 0.470. The van der Waals surface area contributed by atoms with Crippen LogP contribution in [0.4, 0.5) is 0 Å². The fraction of sp³-hybridized carbons (Fsp3) is 0.647. The second kappa shape index (κ2) is 5.05. The Morgan fingerprint density at radius 1 is 0.944 bits per heavy atom. The molecule has 2 fully saturated rings. The molecule has 3 rings (SSSR count). The van der Waals surface area contributed by atoms with Gasteiger partial charge in [-0.3, -0.25) is 0 Å². The minimum atomic E-state index is 0.470. The van der Waals surface area contributed by atoms with E-state index in [4.69, 9.17) is 0 Å². The highest BCUT2D eigenvalue weighted by Crippen LogP contribution is 2.42. The molecule has 1 aliphatic carbocycles. The normalized spacial score (nSPS) is 23.6. The molecule has 0 N–H and O–H groups in total. The largest absolute Gasteiger partial charge is 0.302 e. The van der Waals surface area contributed by atoms with Gasteiger partial charge in [0.25, 0.3) is 0 Å². The van der Waals surface area contributed by atoms with Crippen molar-refractivity contribution in [2.45, 2.75) is 50.9 Å². The monoisotopic (exact) mass is 243 g/mol. The molecule has 18 heavy (non-hydrogen) atoms. The Morgan fingerprint density at radius 2 is 1.56 bits per heavy atom. The number of rotatable bonds is 3. The van der Waals surface area contributed by atoms with Crippen LogP contribution in [0.5, 0.6) is 0 Å². The standard InChI is InChI=1S/C17H25N/c1-15-6-8-16(9-7-15)17(10-2-3-11-17)14-18-12-4-5-13-18/h6-9H,2-5,10-14H2,1H3. The van der Waals surface area contributed by atoms with Crippen molar-refractivity contribution >= 4 is 0 Å². The van der Waals surface area contributed by atoms with Crippen LogP contribution in [0.2, 0.25) is 0 Å². The van der Waals surface area contributed by atoms with Gasteiger partial charge in [-0.2, -0.15) is 0 Å². The topological polar surface area (TPSA) is 3.24 Å². The van der Waals surface area contributed by atoms with E-state index in [0.717, 1.165) is 0 Å². The molecule has 2 aliphatic rings. The zero-order valence-electron chi connectivity index (χ0n) is 11.6. The fourth-order valence-electron chi connectivity index (χ4n) is 3.87. The van der Waals surface area contributed by atoms with Gasteiger partial charge < -0.3 is 4.90 Å². The zero-order valence-corrected chi connectivity index (χ0v) is 11.6. The van der Waals surface area contributed by atoms with Crippen molar-refractivity contribution in [2.24, 2.45) is 0 Å². The molecule has 0 bridgehead atoms. The molecule has 0 amide bonds. The molecule has 98 valence electrons. The maximum Gasteiger partial charge on any atom is 0.00803 e. The smallest absolute Gasteiger partial charge is 0.00803 e. The Kier molecular flexibility index (Phi) is 3.43. The van der Waals surface area contributed by atoms with Gasteiger partial charge in [0.1, 0.15) is 0 Å². The Balaban J connectivity index is 1.83. The van der Waals surface area contributed by atoms with Crippen LogP contribution in [0.1, 0.15) is 49.7 Å². The third-order valence-corrected chi connectivity index (χ3v) is 4.95. The van der Waals surface area contributed by atoms with Gasteiger partial charge in [0, 0.05) is 12.0 Å². The molecule has 1 saturated heterocycles. The first-order valence-corrected chi connectivity index (χ1v) is 7.58. The summed E-state index contributed by atoms with van der Waals surface area (Å²) in [4.78, 5) is 2.70. The van der Waals surface area contributed by atoms with Crippen molar-refractivity contribution in [1.29, 1.82) is 0 Å². The van der Waals surface area contributed by atoms with E-state index in [0.29, 0.717) is 5.41 Å². The van der Waals surface area contributed by atoms with Crippen LogP contribution in [-0.2, 0) is 5.41 Å². The number of likely N-dealkylation sites (tertiary alicyclic amines) is 1. The van der Waals surface area contributed by atoms with Crippen LogP contribution in [-0.4, -0.2) is 24.5 Å². The summed E-state index contributed by atoms with van der Waals surface area (Å²) in [5, 5.41) is 0. The first-order chi connectivity index (χ1) is 8.78. The van der Waals surface area contributed by atoms with Gasteiger partial charge in [0.2, 0.25) is 0 Å². The predicted molar refractivity (Wildman–Crippen MR) is 77.0 cm³/mol. The van der Waals surface area contributed by atoms with Crippen molar-refractivity contribution in [2.75, 3.05) is 19.6 Å². The molecule has 1 aliphatic heterocycles. The molecule has 0 aromatic heterocycles. The summed E-state index contributed by atoms with van der Waals surface area (Å²) in [6, 6.07) is 9.35. The van der Waals surface area contributed by atoms with E-state index < -0.39 is 0 Å². The molecule has 1 heteroatoms. The third-order valence-electron chi connectivity index (χ3n) is 4.95. The minimum Gasteiger partial charge on any atom is -0.302 e. The van der Waals surface area contributed by atoms with Crippen LogP contribution in [0, 0.1) is 6.92 Å². The third kappa shape index (κ3) is 2.33. The van der Waals surface area contributed by atoms with Crippen LogP contribution >= 0.6 is 0 Å². The van der Waals surface area contributed by atoms with Crippen LogP contribution in [0.3, 0.4) is 0 Å². The highest BCUT2D eigenvalue weighted by atomic mass is 15.1. The maximum atomic E-state index is 2.70. The van der Waals surface area contributed by atoms with Gasteiger partial charge in [-0.25, -0.2) is 0 Å². The summed E-state index contributed by atoms with van der Waals surface area (Å²) in [5.74, 6) is 0. The molecular formula is C17H25N. The number of hydrogen-bond donors (Lipinski definition) is 0. The van der Waals surface area contributed by atoms with Crippen LogP contribution < -0.4 is 0 Å². The SMILES string of the molecule is Cc1ccc(C2(CN3CCCC3)CCCC2)cc1. The summed E-state index contributed by atoms with van der Waals surface area (Å²) in [7, 11) is 0. The molecular weight excluding hydrogens is 218 g/mol. The van der Waals surface area contributed by atoms with Crippen molar-refractivity contribution < 1.29 is 0 Å². The number of benzene rings is 1. The lowest BCUT2D eigenvalue weighted by molar-refractivity contribution is 0.245. The van der Waals surface area contributed by atoms with E-state index in [1.165, 1.54) is 63.7 Å². The Bertz CT molecular complexity index is 381. The van der Waals surface area contributed by atoms with Crippen LogP contribution in [0.25, 0.3) is 0 Å². The highest BCUT2D eigenvalue weighted by Gasteiger charge is 2.37. The maximum absolute atomic E-state index is 2.70. The molecule has 1 nitrogen and oxygen atoms in total. The van der Waals surface area contributed by atoms with E-state index in [2.05, 4.69) is 36.1 Å². The lowest BCUT2D eigenvalue weighted by atomic mass is 9.78. The van der Waals surface area contributed by atoms with Crippen molar-refractivity contribution in [3.05, 3.63) is 35.4 Å². The average Bonchev–Trinajstić information content (AvgIpc) is 3.03. The molecule has 1 aromatic carbocycles. The Morgan fingerprint density at radius 3 is 2.17 bits per heavy atom. The van der Waals surface area contributed by atoms with Gasteiger partial charge in [-0.05, 0) is 51.3 Å². The highest BCUT2D eigenvalue weighted by molar-refractivity contribution is 5.30. The summed E-state index contributed by atoms with van der Waals surface area (Å²) < 4.78 is 0. The average molecular weight is 243 g/mol. The van der Waals surface area contributed by atoms with Crippen molar-refractivity contribution in [3.63, 3.8) is 0 Å². The quantitative estimate of drug-likeness (QED) is 0.778. The van der Waals surface area contributed by atoms with Gasteiger partial charge in [0.15, 0.2) is 0 Å². The van der Waals surface area contributed by atoms with E-state index in [-0.39, 0.29) is 0 Å². The van der Waals surface area contributed by atoms with Gasteiger partial charge in [0.05, 0.1) is 0 Å². The first kappa shape index (κ1) is 12.2. The van der Waals surface area contributed by atoms with E-state index in [1.807, 2.05) is 0 Å². The Hall–Kier alpha value is -0.820. The molecule has 0 atom stereocenters. The molecule has 0 unspecified atom stereocenters. The van der Waals surface area contributed by atoms with Crippen molar-refractivity contribution in [3.8, 4) is 0 Å². The fourth-order valence-corrected chi connectivity index (χ4v) is 3.87. The van der Waals surface area contributed by atoms with E-state index in [1.54, 1.807) is 5.56 Å². The molecule has 0 spiro atoms. The summed E-state index contributed by atoms with van der Waals surface area (Å²) in [6.07, 6.45) is 8.44. The van der Waals surface area contributed by atoms with E-state index >= 15 is 0 Å². The van der Waals surface area contributed by atoms with Gasteiger partial charge >= 0.3 is 0 Å². The number of hydrogen-bond acceptors (Lipinski definition) is 1. The first-order valence-electron chi connectivity index (χ1n) is 7.58. The van der Waals surface area contributed by atoms with Crippen LogP contribution in [0.15, 0.2) is 24.3 Å². The van der Waals surface area contributed by atoms with Crippen molar-refractivity contribution in [1.82, 2.24) is 4.90 Å². The zero-order chi connectivity index (χ0) is 12.4. The second-order valence-corrected chi connectivity index (χ2v) is 6.34. The number of nitrogens with zero attached hydrogens (tertiary/aromatic N) is 1. The molecule has 1 aromatic rings. The second-order valence-electron chi connectivity index (χ2n) is 6.34. The van der Waals surface area contributed by atoms with Gasteiger partial charge in [-0.1, -0.05) is 42.7 Å². The van der Waals surface area contributed by atoms with Gasteiger partial charge in [-0.15, -0.1) is 0 Å². The number of aryl methyl sites for hydroxylation is 1. The molecule has 0 radical (unpaired) electrons. The summed E-state index contributed by atoms with van der Waals surface area (Å²) in [5.41, 5.74) is 3.45. The molecule has 1 saturated carbocycles. The molecule has 1 heterocycles. The lowest BCUT2D eigenvalue weighted by Gasteiger charge is -2.34. The Labute approximate surface area is 111 Å². The lowest BCUT2D eigenvalue weighted by Crippen LogP contribution is -2.37. The summed E-state index contributed by atoms with van der Waals surface area (Å²) in [6.45, 7) is 6.14.